The Hall–Kier alpha value is -1.10. The van der Waals surface area contributed by atoms with Crippen molar-refractivity contribution in [3.63, 3.8) is 0 Å². The zero-order valence-corrected chi connectivity index (χ0v) is 3.96. The van der Waals surface area contributed by atoms with Crippen LogP contribution in [0.1, 0.15) is 0 Å². The normalized spacial score (nSPS) is 17.2. The molecular weight excluding hydrogens is 112 g/mol. The molecule has 1 rings (SSSR count). The summed E-state index contributed by atoms with van der Waals surface area (Å²) in [5, 5.41) is 0. The first-order chi connectivity index (χ1) is 3.80. The molecule has 44 valence electrons. The number of amides is 1. The predicted octanol–water partition coefficient (Wildman–Crippen LogP) is -1.21. The number of nitrogens with two attached hydrogens (primary N) is 1. The van der Waals surface area contributed by atoms with Crippen LogP contribution in [0.25, 0.3) is 0 Å². The van der Waals surface area contributed by atoms with Gasteiger partial charge in [-0.25, -0.2) is 4.99 Å². The van der Waals surface area contributed by atoms with Gasteiger partial charge in [0.25, 0.3) is 0 Å². The third-order valence-corrected chi connectivity index (χ3v) is 0.610. The first kappa shape index (κ1) is 5.04. The largest absolute Gasteiger partial charge is 0.361 e. The summed E-state index contributed by atoms with van der Waals surface area (Å²) in [6.45, 7) is 0.0538. The molecule has 0 aromatic heterocycles. The third kappa shape index (κ3) is 0.760. The van der Waals surface area contributed by atoms with Crippen molar-refractivity contribution >= 4 is 11.8 Å². The van der Waals surface area contributed by atoms with Crippen LogP contribution in [0.5, 0.6) is 0 Å². The van der Waals surface area contributed by atoms with Crippen molar-refractivity contribution in [2.45, 2.75) is 0 Å². The molecule has 0 atom stereocenters. The van der Waals surface area contributed by atoms with Crippen molar-refractivity contribution in [1.82, 2.24) is 0 Å². The van der Waals surface area contributed by atoms with Crippen molar-refractivity contribution in [1.29, 1.82) is 0 Å². The van der Waals surface area contributed by atoms with E-state index in [0.717, 1.165) is 0 Å². The highest BCUT2D eigenvalue weighted by Gasteiger charge is 2.13. The maximum Gasteiger partial charge on any atom is 0.319 e. The van der Waals surface area contributed by atoms with Gasteiger partial charge in [-0.05, 0) is 0 Å². The average molecular weight is 116 g/mol. The van der Waals surface area contributed by atoms with Crippen LogP contribution in [0.2, 0.25) is 0 Å². The lowest BCUT2D eigenvalue weighted by Gasteiger charge is -1.88. The molecule has 5 heteroatoms. The first-order valence-corrected chi connectivity index (χ1v) is 1.94. The summed E-state index contributed by atoms with van der Waals surface area (Å²) in [6.07, 6.45) is 0. The Morgan fingerprint density at radius 1 is 1.88 bits per heavy atom. The van der Waals surface area contributed by atoms with Crippen LogP contribution in [-0.2, 0) is 14.6 Å². The molecule has 1 amide bonds. The van der Waals surface area contributed by atoms with E-state index in [1.807, 2.05) is 0 Å². The van der Waals surface area contributed by atoms with Crippen molar-refractivity contribution in [2.24, 2.45) is 10.7 Å². The van der Waals surface area contributed by atoms with Gasteiger partial charge in [0.15, 0.2) is 6.73 Å². The molecule has 0 aliphatic carbocycles. The zero-order chi connectivity index (χ0) is 5.98. The lowest BCUT2D eigenvalue weighted by Crippen LogP contribution is -2.22. The van der Waals surface area contributed by atoms with E-state index < -0.39 is 5.91 Å². The van der Waals surface area contributed by atoms with Crippen LogP contribution in [0.15, 0.2) is 4.99 Å². The van der Waals surface area contributed by atoms with Gasteiger partial charge >= 0.3 is 11.8 Å². The maximum atomic E-state index is 10.1. The van der Waals surface area contributed by atoms with Gasteiger partial charge < -0.3 is 10.6 Å². The number of nitrogens with zero attached hydrogens (tertiary/aromatic N) is 1. The number of carbonyl (C=O) groups excluding carboxylic acids is 1. The van der Waals surface area contributed by atoms with Crippen molar-refractivity contribution in [3.8, 4) is 0 Å². The third-order valence-electron chi connectivity index (χ3n) is 0.610. The molecule has 0 fully saturated rings. The predicted molar refractivity (Wildman–Crippen MR) is 23.7 cm³/mol. The van der Waals surface area contributed by atoms with Gasteiger partial charge in [0.2, 0.25) is 0 Å². The van der Waals surface area contributed by atoms with Crippen molar-refractivity contribution in [2.75, 3.05) is 6.73 Å². The Labute approximate surface area is 45.0 Å². The average Bonchev–Trinajstić information content (AvgIpc) is 2.12. The minimum atomic E-state index is -0.706. The van der Waals surface area contributed by atoms with E-state index in [2.05, 4.69) is 14.8 Å². The molecule has 0 spiro atoms. The fourth-order valence-corrected chi connectivity index (χ4v) is 0.312. The van der Waals surface area contributed by atoms with Gasteiger partial charge in [0.1, 0.15) is 0 Å². The summed E-state index contributed by atoms with van der Waals surface area (Å²) in [5.74, 6) is -0.868. The fraction of sp³-hybridized carbons (Fsp3) is 0.333. The van der Waals surface area contributed by atoms with Crippen molar-refractivity contribution in [3.05, 3.63) is 0 Å². The number of hydrogen-bond acceptors (Lipinski definition) is 4. The van der Waals surface area contributed by atoms with Gasteiger partial charge in [0.05, 0.1) is 0 Å². The fourth-order valence-electron chi connectivity index (χ4n) is 0.312. The molecule has 1 aliphatic rings. The minimum Gasteiger partial charge on any atom is -0.361 e. The Kier molecular flexibility index (Phi) is 1.13. The highest BCUT2D eigenvalue weighted by atomic mass is 17.2. The number of rotatable bonds is 1. The lowest BCUT2D eigenvalue weighted by molar-refractivity contribution is -0.201. The molecule has 0 unspecified atom stereocenters. The number of primary amides is 1. The summed E-state index contributed by atoms with van der Waals surface area (Å²) in [6, 6.07) is 0. The highest BCUT2D eigenvalue weighted by Crippen LogP contribution is 1.93. The highest BCUT2D eigenvalue weighted by molar-refractivity contribution is 6.34. The topological polar surface area (TPSA) is 73.9 Å². The molecule has 0 aromatic carbocycles. The number of aliphatic imine (C=N–C) groups is 1. The van der Waals surface area contributed by atoms with Gasteiger partial charge in [-0.2, -0.15) is 4.89 Å². The molecule has 0 aromatic rings. The molecule has 1 heterocycles. The number of hydrogen-bond donors (Lipinski definition) is 1. The second kappa shape index (κ2) is 1.79. The Morgan fingerprint density at radius 2 is 2.62 bits per heavy atom. The van der Waals surface area contributed by atoms with E-state index in [0.29, 0.717) is 0 Å². The molecular formula is C3H4N2O3. The van der Waals surface area contributed by atoms with Crippen LogP contribution in [0.4, 0.5) is 0 Å². The quantitative estimate of drug-likeness (QED) is 0.437. The number of carbonyl (C=O) groups is 1. The van der Waals surface area contributed by atoms with E-state index in [4.69, 9.17) is 5.73 Å². The summed E-state index contributed by atoms with van der Waals surface area (Å²) >= 11 is 0. The summed E-state index contributed by atoms with van der Waals surface area (Å²) < 4.78 is 0. The van der Waals surface area contributed by atoms with E-state index in [1.165, 1.54) is 0 Å². The summed E-state index contributed by atoms with van der Waals surface area (Å²) in [5.41, 5.74) is 4.72. The van der Waals surface area contributed by atoms with E-state index >= 15 is 0 Å². The molecule has 8 heavy (non-hydrogen) atoms. The van der Waals surface area contributed by atoms with Crippen LogP contribution in [-0.4, -0.2) is 18.5 Å². The minimum absolute atomic E-state index is 0.0538. The SMILES string of the molecule is NC(=O)C1=NCOO1. The molecule has 1 aliphatic heterocycles. The summed E-state index contributed by atoms with van der Waals surface area (Å²) in [7, 11) is 0. The Morgan fingerprint density at radius 3 is 2.88 bits per heavy atom. The monoisotopic (exact) mass is 116 g/mol. The standard InChI is InChI=1S/C3H4N2O3/c4-2(6)3-5-1-7-8-3/h1H2,(H2,4,6). The molecule has 5 nitrogen and oxygen atoms in total. The smallest absolute Gasteiger partial charge is 0.319 e. The molecule has 0 bridgehead atoms. The van der Waals surface area contributed by atoms with Crippen LogP contribution >= 0.6 is 0 Å². The second-order valence-corrected chi connectivity index (χ2v) is 1.16. The van der Waals surface area contributed by atoms with Crippen LogP contribution in [0.3, 0.4) is 0 Å². The molecule has 0 saturated heterocycles. The van der Waals surface area contributed by atoms with E-state index in [-0.39, 0.29) is 12.6 Å². The first-order valence-electron chi connectivity index (χ1n) is 1.94. The van der Waals surface area contributed by atoms with Gasteiger partial charge in [-0.1, -0.05) is 0 Å². The van der Waals surface area contributed by atoms with E-state index in [1.54, 1.807) is 0 Å². The van der Waals surface area contributed by atoms with Crippen LogP contribution < -0.4 is 5.73 Å². The Balaban J connectivity index is 2.57. The molecule has 0 radical (unpaired) electrons. The summed E-state index contributed by atoms with van der Waals surface area (Å²) in [4.78, 5) is 21.9. The Bertz CT molecular complexity index is 141. The van der Waals surface area contributed by atoms with Gasteiger partial charge in [0, 0.05) is 0 Å². The van der Waals surface area contributed by atoms with Crippen molar-refractivity contribution < 1.29 is 14.6 Å². The second-order valence-electron chi connectivity index (χ2n) is 1.16. The van der Waals surface area contributed by atoms with Crippen LogP contribution in [0, 0.1) is 0 Å². The van der Waals surface area contributed by atoms with Gasteiger partial charge in [-0.3, -0.25) is 4.79 Å². The lowest BCUT2D eigenvalue weighted by atomic mass is 10.6. The van der Waals surface area contributed by atoms with Gasteiger partial charge in [-0.15, -0.1) is 0 Å². The molecule has 2 N–H and O–H groups in total. The van der Waals surface area contributed by atoms with E-state index in [9.17, 15) is 4.79 Å². The zero-order valence-electron chi connectivity index (χ0n) is 3.96. The molecule has 0 saturated carbocycles. The maximum absolute atomic E-state index is 10.1.